The van der Waals surface area contributed by atoms with Crippen LogP contribution in [-0.2, 0) is 21.2 Å². The molecule has 0 radical (unpaired) electrons. The molecular formula is C22H37N3O3S. The SMILES string of the molecule is CCCCCN(CCC(=O)N1CCNCC1)S(=O)(=O)c1ccc(CC(C)C)cc1. The van der Waals surface area contributed by atoms with Crippen molar-refractivity contribution in [3.8, 4) is 0 Å². The minimum absolute atomic E-state index is 0.0365. The maximum absolute atomic E-state index is 13.2. The van der Waals surface area contributed by atoms with E-state index in [1.54, 1.807) is 12.1 Å². The predicted octanol–water partition coefficient (Wildman–Crippen LogP) is 2.89. The fourth-order valence-electron chi connectivity index (χ4n) is 3.60. The number of amides is 1. The highest BCUT2D eigenvalue weighted by atomic mass is 32.2. The van der Waals surface area contributed by atoms with Crippen LogP contribution in [0, 0.1) is 5.92 Å². The first kappa shape index (κ1) is 23.8. The van der Waals surface area contributed by atoms with Crippen molar-refractivity contribution >= 4 is 15.9 Å². The predicted molar refractivity (Wildman–Crippen MR) is 117 cm³/mol. The van der Waals surface area contributed by atoms with Gasteiger partial charge in [-0.3, -0.25) is 4.79 Å². The number of benzene rings is 1. The molecule has 1 heterocycles. The highest BCUT2D eigenvalue weighted by Crippen LogP contribution is 2.19. The molecule has 0 aliphatic carbocycles. The van der Waals surface area contributed by atoms with Crippen LogP contribution in [0.3, 0.4) is 0 Å². The van der Waals surface area contributed by atoms with E-state index < -0.39 is 10.0 Å². The Morgan fingerprint density at radius 2 is 1.76 bits per heavy atom. The third kappa shape index (κ3) is 7.39. The lowest BCUT2D eigenvalue weighted by molar-refractivity contribution is -0.131. The van der Waals surface area contributed by atoms with Gasteiger partial charge in [-0.15, -0.1) is 0 Å². The Labute approximate surface area is 176 Å². The van der Waals surface area contributed by atoms with E-state index in [1.165, 1.54) is 4.31 Å². The number of carbonyl (C=O) groups is 1. The first-order valence-electron chi connectivity index (χ1n) is 10.9. The molecule has 0 aromatic heterocycles. The van der Waals surface area contributed by atoms with Crippen LogP contribution in [0.5, 0.6) is 0 Å². The Kier molecular flexibility index (Phi) is 9.59. The van der Waals surface area contributed by atoms with Gasteiger partial charge in [-0.25, -0.2) is 8.42 Å². The van der Waals surface area contributed by atoms with E-state index in [2.05, 4.69) is 26.1 Å². The Morgan fingerprint density at radius 1 is 1.10 bits per heavy atom. The van der Waals surface area contributed by atoms with E-state index in [-0.39, 0.29) is 18.9 Å². The average Bonchev–Trinajstić information content (AvgIpc) is 2.70. The van der Waals surface area contributed by atoms with E-state index in [1.807, 2.05) is 17.0 Å². The van der Waals surface area contributed by atoms with Gasteiger partial charge in [-0.2, -0.15) is 4.31 Å². The van der Waals surface area contributed by atoms with Crippen molar-refractivity contribution in [2.24, 2.45) is 5.92 Å². The summed E-state index contributed by atoms with van der Waals surface area (Å²) in [4.78, 5) is 14.7. The van der Waals surface area contributed by atoms with Crippen LogP contribution in [-0.4, -0.2) is 62.8 Å². The van der Waals surface area contributed by atoms with Gasteiger partial charge in [0.1, 0.15) is 0 Å². The number of carbonyl (C=O) groups excluding carboxylic acids is 1. The summed E-state index contributed by atoms with van der Waals surface area (Å²) < 4.78 is 28.0. The molecule has 1 aliphatic rings. The summed E-state index contributed by atoms with van der Waals surface area (Å²) in [5, 5.41) is 3.23. The second-order valence-corrected chi connectivity index (χ2v) is 10.2. The summed E-state index contributed by atoms with van der Waals surface area (Å²) in [5.74, 6) is 0.563. The number of nitrogens with zero attached hydrogens (tertiary/aromatic N) is 2. The summed E-state index contributed by atoms with van der Waals surface area (Å²) in [5.41, 5.74) is 1.14. The zero-order valence-corrected chi connectivity index (χ0v) is 19.0. The lowest BCUT2D eigenvalue weighted by Crippen LogP contribution is -2.47. The van der Waals surface area contributed by atoms with Crippen molar-refractivity contribution < 1.29 is 13.2 Å². The molecule has 0 unspecified atom stereocenters. The van der Waals surface area contributed by atoms with Crippen LogP contribution >= 0.6 is 0 Å². The van der Waals surface area contributed by atoms with Crippen LogP contribution in [0.15, 0.2) is 29.2 Å². The second-order valence-electron chi connectivity index (χ2n) is 8.23. The third-order valence-corrected chi connectivity index (χ3v) is 7.17. The molecule has 1 amide bonds. The number of unbranched alkanes of at least 4 members (excludes halogenated alkanes) is 2. The molecule has 6 nitrogen and oxygen atoms in total. The fraction of sp³-hybridized carbons (Fsp3) is 0.682. The molecule has 7 heteroatoms. The lowest BCUT2D eigenvalue weighted by atomic mass is 10.0. The van der Waals surface area contributed by atoms with Gasteiger partial charge in [0.25, 0.3) is 0 Å². The molecule has 0 spiro atoms. The van der Waals surface area contributed by atoms with Crippen LogP contribution in [0.25, 0.3) is 0 Å². The fourth-order valence-corrected chi connectivity index (χ4v) is 5.08. The molecule has 2 rings (SSSR count). The van der Waals surface area contributed by atoms with E-state index in [0.717, 1.165) is 44.3 Å². The summed E-state index contributed by atoms with van der Waals surface area (Å²) in [6, 6.07) is 7.22. The van der Waals surface area contributed by atoms with Crippen molar-refractivity contribution in [1.29, 1.82) is 0 Å². The summed E-state index contributed by atoms with van der Waals surface area (Å²) in [7, 11) is -3.60. The van der Waals surface area contributed by atoms with E-state index in [4.69, 9.17) is 0 Å². The normalized spacial score (nSPS) is 15.3. The quantitative estimate of drug-likeness (QED) is 0.556. The van der Waals surface area contributed by atoms with Gasteiger partial charge < -0.3 is 10.2 Å². The van der Waals surface area contributed by atoms with Gasteiger partial charge in [-0.05, 0) is 36.5 Å². The van der Waals surface area contributed by atoms with Crippen LogP contribution < -0.4 is 5.32 Å². The highest BCUT2D eigenvalue weighted by molar-refractivity contribution is 7.89. The zero-order chi connectivity index (χ0) is 21.3. The van der Waals surface area contributed by atoms with Crippen molar-refractivity contribution in [3.05, 3.63) is 29.8 Å². The second kappa shape index (κ2) is 11.7. The molecule has 1 aromatic rings. The largest absolute Gasteiger partial charge is 0.340 e. The minimum Gasteiger partial charge on any atom is -0.340 e. The van der Waals surface area contributed by atoms with Gasteiger partial charge >= 0.3 is 0 Å². The summed E-state index contributed by atoms with van der Waals surface area (Å²) in [6.07, 6.45) is 3.97. The Balaban J connectivity index is 2.08. The van der Waals surface area contributed by atoms with Crippen molar-refractivity contribution in [1.82, 2.24) is 14.5 Å². The number of nitrogens with one attached hydrogen (secondary N) is 1. The number of piperazine rings is 1. The smallest absolute Gasteiger partial charge is 0.243 e. The van der Waals surface area contributed by atoms with Crippen LogP contribution in [0.2, 0.25) is 0 Å². The maximum Gasteiger partial charge on any atom is 0.243 e. The van der Waals surface area contributed by atoms with Gasteiger partial charge in [-0.1, -0.05) is 45.7 Å². The lowest BCUT2D eigenvalue weighted by Gasteiger charge is -2.29. The molecule has 1 aromatic carbocycles. The maximum atomic E-state index is 13.2. The monoisotopic (exact) mass is 423 g/mol. The standard InChI is InChI=1S/C22H37N3O3S/c1-4-5-6-14-25(15-11-22(26)24-16-12-23-13-17-24)29(27,28)21-9-7-20(8-10-21)18-19(2)3/h7-10,19,23H,4-6,11-18H2,1-3H3. The molecular weight excluding hydrogens is 386 g/mol. The van der Waals surface area contributed by atoms with Crippen molar-refractivity contribution in [2.75, 3.05) is 39.3 Å². The van der Waals surface area contributed by atoms with Gasteiger partial charge in [0.15, 0.2) is 0 Å². The Bertz CT molecular complexity index is 726. The van der Waals surface area contributed by atoms with Gasteiger partial charge in [0.05, 0.1) is 4.90 Å². The Hall–Kier alpha value is -1.44. The Morgan fingerprint density at radius 3 is 2.34 bits per heavy atom. The van der Waals surface area contributed by atoms with E-state index in [9.17, 15) is 13.2 Å². The van der Waals surface area contributed by atoms with Crippen LogP contribution in [0.4, 0.5) is 0 Å². The molecule has 164 valence electrons. The molecule has 1 saturated heterocycles. The van der Waals surface area contributed by atoms with E-state index >= 15 is 0 Å². The molecule has 0 atom stereocenters. The van der Waals surface area contributed by atoms with Gasteiger partial charge in [0, 0.05) is 45.7 Å². The van der Waals surface area contributed by atoms with Crippen molar-refractivity contribution in [3.63, 3.8) is 0 Å². The third-order valence-electron chi connectivity index (χ3n) is 5.26. The number of rotatable bonds is 11. The molecule has 1 aliphatic heterocycles. The zero-order valence-electron chi connectivity index (χ0n) is 18.2. The summed E-state index contributed by atoms with van der Waals surface area (Å²) in [6.45, 7) is 10.1. The first-order chi connectivity index (χ1) is 13.8. The summed E-state index contributed by atoms with van der Waals surface area (Å²) >= 11 is 0. The molecule has 29 heavy (non-hydrogen) atoms. The first-order valence-corrected chi connectivity index (χ1v) is 12.4. The minimum atomic E-state index is -3.60. The number of hydrogen-bond donors (Lipinski definition) is 1. The number of hydrogen-bond acceptors (Lipinski definition) is 4. The van der Waals surface area contributed by atoms with Gasteiger partial charge in [0.2, 0.25) is 15.9 Å². The van der Waals surface area contributed by atoms with Crippen molar-refractivity contribution in [2.45, 2.75) is 57.8 Å². The highest BCUT2D eigenvalue weighted by Gasteiger charge is 2.26. The molecule has 0 bridgehead atoms. The van der Waals surface area contributed by atoms with Crippen LogP contribution in [0.1, 0.15) is 52.0 Å². The molecule has 1 fully saturated rings. The topological polar surface area (TPSA) is 69.7 Å². The molecule has 1 N–H and O–H groups in total. The molecule has 0 saturated carbocycles. The average molecular weight is 424 g/mol. The van der Waals surface area contributed by atoms with E-state index in [0.29, 0.717) is 30.4 Å². The number of sulfonamides is 1.